The van der Waals surface area contributed by atoms with Crippen LogP contribution in [-0.4, -0.2) is 36.2 Å². The molecule has 0 aromatic carbocycles. The first-order chi connectivity index (χ1) is 10.8. The van der Waals surface area contributed by atoms with Crippen molar-refractivity contribution >= 4 is 42.1 Å². The van der Waals surface area contributed by atoms with Crippen molar-refractivity contribution in [1.82, 2.24) is 29.9 Å². The van der Waals surface area contributed by atoms with E-state index in [4.69, 9.17) is 0 Å². The van der Waals surface area contributed by atoms with Crippen LogP contribution in [0.15, 0.2) is 60.6 Å². The van der Waals surface area contributed by atoms with Gasteiger partial charge in [0, 0.05) is 24.8 Å². The fourth-order valence-electron chi connectivity index (χ4n) is 0.879. The van der Waals surface area contributed by atoms with Gasteiger partial charge >= 0.3 is 88.7 Å². The molecule has 0 spiro atoms. The van der Waals surface area contributed by atoms with Gasteiger partial charge in [-0.2, -0.15) is 6.26 Å². The van der Waals surface area contributed by atoms with Gasteiger partial charge in [-0.3, -0.25) is 9.97 Å². The summed E-state index contributed by atoms with van der Waals surface area (Å²) >= 11 is 7.27. The molecule has 0 saturated carbocycles. The molecule has 26 heavy (non-hydrogen) atoms. The fraction of sp³-hybridized carbons (Fsp3) is 0.143. The summed E-state index contributed by atoms with van der Waals surface area (Å²) in [6.07, 6.45) is 16.1. The normalized spacial score (nSPS) is 6.77. The van der Waals surface area contributed by atoms with Gasteiger partial charge in [-0.1, -0.05) is 0 Å². The smallest absolute Gasteiger partial charge is 1.00 e. The van der Waals surface area contributed by atoms with Crippen molar-refractivity contribution in [2.75, 3.05) is 6.26 Å². The number of hydrogen-bond acceptors (Lipinski definition) is 8. The molecule has 0 radical (unpaired) electrons. The van der Waals surface area contributed by atoms with Crippen molar-refractivity contribution in [2.24, 2.45) is 0 Å². The van der Waals surface area contributed by atoms with E-state index in [0.717, 1.165) is 10.0 Å². The first-order valence-corrected chi connectivity index (χ1v) is 7.54. The Morgan fingerprint density at radius 3 is 1.27 bits per heavy atom. The minimum absolute atomic E-state index is 0. The van der Waals surface area contributed by atoms with E-state index in [9.17, 15) is 0 Å². The number of nitrogens with zero attached hydrogens (tertiary/aromatic N) is 6. The van der Waals surface area contributed by atoms with Crippen LogP contribution in [0.2, 0.25) is 0 Å². The number of halogens is 1. The van der Waals surface area contributed by atoms with Crippen LogP contribution >= 0.6 is 15.9 Å². The Labute approximate surface area is 244 Å². The number of aromatic nitrogens is 6. The van der Waals surface area contributed by atoms with Crippen molar-refractivity contribution in [2.45, 2.75) is 6.92 Å². The van der Waals surface area contributed by atoms with Crippen molar-refractivity contribution in [1.29, 1.82) is 0 Å². The Hall–Kier alpha value is 1.42. The Morgan fingerprint density at radius 2 is 1.12 bits per heavy atom. The third-order valence-corrected chi connectivity index (χ3v) is 2.06. The molecule has 12 heteroatoms. The van der Waals surface area contributed by atoms with Crippen LogP contribution in [0, 0.1) is 13.0 Å². The van der Waals surface area contributed by atoms with Gasteiger partial charge in [0.25, 0.3) is 0 Å². The maximum absolute atomic E-state index is 4.08. The topological polar surface area (TPSA) is 77.3 Å². The van der Waals surface area contributed by atoms with Gasteiger partial charge in [0.1, 0.15) is 19.0 Å². The zero-order valence-electron chi connectivity index (χ0n) is 16.6. The van der Waals surface area contributed by atoms with Gasteiger partial charge in [-0.25, -0.2) is 19.9 Å². The van der Waals surface area contributed by atoms with Crippen LogP contribution in [0.1, 0.15) is 6.99 Å². The first-order valence-electron chi connectivity index (χ1n) is 5.93. The van der Waals surface area contributed by atoms with E-state index in [1.165, 1.54) is 19.0 Å². The fourth-order valence-corrected chi connectivity index (χ4v) is 1.12. The van der Waals surface area contributed by atoms with Gasteiger partial charge in [-0.15, -0.1) is 12.4 Å². The second kappa shape index (κ2) is 31.1. The van der Waals surface area contributed by atoms with Crippen LogP contribution in [0.3, 0.4) is 0 Å². The van der Waals surface area contributed by atoms with Crippen LogP contribution < -0.4 is 88.7 Å². The minimum Gasteiger partial charge on any atom is -1.00 e. The van der Waals surface area contributed by atoms with E-state index in [0.29, 0.717) is 0 Å². The largest absolute Gasteiger partial charge is 1.00 e. The van der Waals surface area contributed by atoms with Gasteiger partial charge in [0.2, 0.25) is 0 Å². The van der Waals surface area contributed by atoms with Crippen LogP contribution in [0.4, 0.5) is 0 Å². The molecule has 0 atom stereocenters. The summed E-state index contributed by atoms with van der Waals surface area (Å²) in [6, 6.07) is 2.67. The van der Waals surface area contributed by atoms with E-state index >= 15 is 0 Å². The third-order valence-electron chi connectivity index (χ3n) is 1.65. The maximum atomic E-state index is 4.08. The molecule has 3 aromatic heterocycles. The number of aryl methyl sites for hydroxylation is 1. The summed E-state index contributed by atoms with van der Waals surface area (Å²) < 4.78 is 0.912. The zero-order valence-corrected chi connectivity index (χ0v) is 24.9. The van der Waals surface area contributed by atoms with Crippen molar-refractivity contribution in [3.8, 4) is 0 Å². The molecule has 3 aromatic rings. The van der Waals surface area contributed by atoms with Gasteiger partial charge in [0.15, 0.2) is 0 Å². The Morgan fingerprint density at radius 1 is 0.769 bits per heavy atom. The monoisotopic (exact) mass is 481 g/mol. The third kappa shape index (κ3) is 27.6. The molecule has 0 saturated heterocycles. The Bertz CT molecular complexity index is 516. The maximum Gasteiger partial charge on any atom is 1.00 e. The number of rotatable bonds is 0. The van der Waals surface area contributed by atoms with E-state index in [1.807, 2.05) is 6.92 Å². The van der Waals surface area contributed by atoms with Crippen LogP contribution in [0.5, 0.6) is 0 Å². The van der Waals surface area contributed by atoms with Crippen molar-refractivity contribution in [3.63, 3.8) is 0 Å². The molecule has 0 aliphatic rings. The Balaban J connectivity index is -0.0000000538. The summed E-state index contributed by atoms with van der Waals surface area (Å²) in [7, 11) is 0. The van der Waals surface area contributed by atoms with Gasteiger partial charge < -0.3 is 33.6 Å². The van der Waals surface area contributed by atoms with E-state index < -0.39 is 0 Å². The molecule has 0 aliphatic heterocycles. The average molecular weight is 482 g/mol. The summed E-state index contributed by atoms with van der Waals surface area (Å²) in [5, 5.41) is 0. The predicted molar refractivity (Wildman–Crippen MR) is 101 cm³/mol. The quantitative estimate of drug-likeness (QED) is 0.136. The molecule has 3 heterocycles. The number of hydrogen-bond donors (Lipinski definition) is 0. The summed E-state index contributed by atoms with van der Waals surface area (Å²) in [6.45, 7) is 1.96. The molecule has 6 nitrogen and oxygen atoms in total. The predicted octanol–water partition coefficient (Wildman–Crippen LogP) is -6.68. The van der Waals surface area contributed by atoms with Crippen molar-refractivity contribution in [3.05, 3.63) is 72.3 Å². The van der Waals surface area contributed by atoms with E-state index in [-0.39, 0.29) is 104 Å². The number of thiol groups is 1. The van der Waals surface area contributed by atoms with E-state index in [2.05, 4.69) is 64.5 Å². The standard InChI is InChI=1S/C5H6N2.C4H3BrN2.C4H3N2.CH4S.3Na.H2S.H/c1-5-2-6-4-7-3-5;5-4-1-6-3-7-2-4;1-2-5-4-6-3-1;1-2;;;;;/h2-4H,1H3;1-3H;2-4H;2H,1H3;;;;1H2;/q;;-1;;3*+1;;-1/p-2. The molecule has 126 valence electrons. The molecule has 0 aliphatic carbocycles. The minimum atomic E-state index is 0. The summed E-state index contributed by atoms with van der Waals surface area (Å²) in [5.74, 6) is 0. The molecule has 0 fully saturated rings. The van der Waals surface area contributed by atoms with Crippen LogP contribution in [0.25, 0.3) is 0 Å². The molecule has 0 amide bonds. The van der Waals surface area contributed by atoms with Crippen molar-refractivity contribution < 1.29 is 90.1 Å². The first kappa shape index (κ1) is 38.1. The zero-order chi connectivity index (χ0) is 16.5. The molecule has 0 unspecified atom stereocenters. The molecule has 3 rings (SSSR count). The van der Waals surface area contributed by atoms with Gasteiger partial charge in [-0.05, 0) is 28.4 Å². The summed E-state index contributed by atoms with van der Waals surface area (Å²) in [4.78, 5) is 22.2. The van der Waals surface area contributed by atoms with Gasteiger partial charge in [0.05, 0.1) is 4.47 Å². The average Bonchev–Trinajstić information content (AvgIpc) is 2.61. The molecular weight excluding hydrogens is 465 g/mol. The van der Waals surface area contributed by atoms with E-state index in [1.54, 1.807) is 43.4 Å². The second-order valence-electron chi connectivity index (χ2n) is 3.31. The van der Waals surface area contributed by atoms with Crippen LogP contribution in [-0.2, 0) is 26.1 Å². The summed E-state index contributed by atoms with van der Waals surface area (Å²) in [5.41, 5.74) is 1.10. The second-order valence-corrected chi connectivity index (χ2v) is 4.23. The Kier molecular flexibility index (Phi) is 45.6. The SMILES string of the molecule is Brc1cncnc1.C[S-].Cc1cncnc1.[H-].[Na+].[Na+].[Na+].[SH-].[c-]1cncnc1. The molecular formula is C14H17BrN6Na3S2-. The molecule has 0 N–H and O–H groups in total. The molecule has 0 bridgehead atoms.